The number of nitrogens with two attached hydrogens (primary N) is 1. The second kappa shape index (κ2) is 28.3. The van der Waals surface area contributed by atoms with Crippen LogP contribution in [-0.2, 0) is 18.8 Å². The molecule has 320 valence electrons. The van der Waals surface area contributed by atoms with Gasteiger partial charge in [0.05, 0.1) is 58.6 Å². The Morgan fingerprint density at radius 1 is 0.820 bits per heavy atom. The molecule has 0 radical (unpaired) electrons. The van der Waals surface area contributed by atoms with Crippen molar-refractivity contribution >= 4 is 115 Å². The molecule has 0 spiro atoms. The van der Waals surface area contributed by atoms with Crippen LogP contribution in [0.4, 0.5) is 39.1 Å². The van der Waals surface area contributed by atoms with Gasteiger partial charge in [0, 0.05) is 18.1 Å². The third-order valence-corrected chi connectivity index (χ3v) is 11.7. The zero-order valence-electron chi connectivity index (χ0n) is 34.4. The number of hydrogen-bond acceptors (Lipinski definition) is 13. The molecule has 0 aliphatic carbocycles. The van der Waals surface area contributed by atoms with Gasteiger partial charge in [0.15, 0.2) is 23.3 Å². The summed E-state index contributed by atoms with van der Waals surface area (Å²) in [6.45, 7) is 5.54. The number of nitrogen functional groups attached to an aromatic ring is 1. The van der Waals surface area contributed by atoms with Gasteiger partial charge >= 0.3 is 103 Å². The van der Waals surface area contributed by atoms with Gasteiger partial charge < -0.3 is 31.8 Å². The number of carbonyl (C=O) groups excluding carboxylic acids is 1. The van der Waals surface area contributed by atoms with Crippen molar-refractivity contribution in [1.29, 1.82) is 0 Å². The first kappa shape index (κ1) is 58.3. The van der Waals surface area contributed by atoms with Crippen LogP contribution in [-0.4, -0.2) is 79.8 Å². The van der Waals surface area contributed by atoms with E-state index in [2.05, 4.69) is 72.2 Å². The quantitative estimate of drug-likeness (QED) is 0.0271. The molecule has 4 heterocycles. The van der Waals surface area contributed by atoms with E-state index in [0.717, 1.165) is 34.2 Å². The van der Waals surface area contributed by atoms with Gasteiger partial charge in [0.1, 0.15) is 36.6 Å². The predicted octanol–water partition coefficient (Wildman–Crippen LogP) is 2.02. The van der Waals surface area contributed by atoms with Crippen LogP contribution in [0.2, 0.25) is 15.7 Å². The van der Waals surface area contributed by atoms with E-state index in [0.29, 0.717) is 14.1 Å². The van der Waals surface area contributed by atoms with Crippen LogP contribution in [0.15, 0.2) is 70.4 Å². The molecule has 0 bridgehead atoms. The first-order chi connectivity index (χ1) is 28.0. The molecule has 15 nitrogen and oxygen atoms in total. The average molecular weight is 1140 g/mol. The number of hydrogen-bond donors (Lipinski definition) is 2. The second-order valence-corrected chi connectivity index (χ2v) is 20.5. The summed E-state index contributed by atoms with van der Waals surface area (Å²) in [6.07, 6.45) is 6.93. The maximum absolute atomic E-state index is 15.1. The first-order valence-electron chi connectivity index (χ1n) is 16.0. The van der Waals surface area contributed by atoms with Crippen LogP contribution in [0.5, 0.6) is 0 Å². The number of nitrogens with zero attached hydrogens (tertiary/aromatic N) is 8. The summed E-state index contributed by atoms with van der Waals surface area (Å²) >= 11 is 23.1. The van der Waals surface area contributed by atoms with Crippen molar-refractivity contribution in [1.82, 2.24) is 39.5 Å². The van der Waals surface area contributed by atoms with Crippen LogP contribution in [0.1, 0.15) is 2.80 Å². The first-order valence-corrected chi connectivity index (χ1v) is 23.2. The summed E-state index contributed by atoms with van der Waals surface area (Å²) in [5.74, 6) is -2.39. The molecule has 0 saturated heterocycles. The van der Waals surface area contributed by atoms with Gasteiger partial charge in [-0.2, -0.15) is 15.2 Å². The fraction of sp³-hybridized carbons (Fsp3) is 0.156. The largest absolute Gasteiger partial charge is 1.00 e. The van der Waals surface area contributed by atoms with E-state index in [1.807, 2.05) is 0 Å². The van der Waals surface area contributed by atoms with Gasteiger partial charge in [-0.1, -0.05) is 11.6 Å². The maximum Gasteiger partial charge on any atom is 1.00 e. The summed E-state index contributed by atoms with van der Waals surface area (Å²) in [6, 6.07) is 5.73. The van der Waals surface area contributed by atoms with Crippen LogP contribution in [0.25, 0.3) is 11.4 Å². The Balaban J connectivity index is 0. The van der Waals surface area contributed by atoms with Gasteiger partial charge in [-0.15, -0.1) is 0 Å². The molecular formula is C32H30Br2Cl3F5K2N10O5P2. The zero-order valence-corrected chi connectivity index (χ0v) is 45.9. The summed E-state index contributed by atoms with van der Waals surface area (Å²) in [5.41, 5.74) is 6.02. The molecule has 3 N–H and O–H groups in total. The number of anilines is 3. The SMILES string of the molecule is CP(C)(=O)c1c(N)ccc(-n2cc(F)cn2)c1F.CP(C)(=O)c1c(Nc2nc(Cl)ncc2Br)ccc(-n2cc(F)cn2)c1F.Clc1ncc(Br)c(Cl)n1.O=CO[O-].[2H]CF.[H-].[K+].[K+]. The average Bonchev–Trinajstić information content (AvgIpc) is 3.79. The van der Waals surface area contributed by atoms with Gasteiger partial charge in [0.25, 0.3) is 6.47 Å². The minimum absolute atomic E-state index is 0. The van der Waals surface area contributed by atoms with E-state index >= 15 is 4.39 Å². The van der Waals surface area contributed by atoms with E-state index in [9.17, 15) is 26.7 Å². The predicted molar refractivity (Wildman–Crippen MR) is 223 cm³/mol. The minimum atomic E-state index is -3.06. The van der Waals surface area contributed by atoms with Gasteiger partial charge in [-0.05, 0) is 106 Å². The fourth-order valence-electron chi connectivity index (χ4n) is 4.40. The van der Waals surface area contributed by atoms with E-state index in [1.54, 1.807) is 0 Å². The van der Waals surface area contributed by atoms with Crippen molar-refractivity contribution in [3.05, 3.63) is 109 Å². The molecule has 0 atom stereocenters. The molecule has 0 fully saturated rings. The third kappa shape index (κ3) is 18.6. The van der Waals surface area contributed by atoms with E-state index < -0.39 is 44.7 Å². The Morgan fingerprint density at radius 3 is 1.64 bits per heavy atom. The Kier molecular flexibility index (Phi) is 27.1. The summed E-state index contributed by atoms with van der Waals surface area (Å²) in [5, 5.41) is 19.2. The van der Waals surface area contributed by atoms with E-state index in [-0.39, 0.29) is 160 Å². The molecule has 6 rings (SSSR count). The van der Waals surface area contributed by atoms with Crippen molar-refractivity contribution in [2.45, 2.75) is 0 Å². The Labute approximate surface area is 465 Å². The van der Waals surface area contributed by atoms with Crippen LogP contribution < -0.4 is 130 Å². The summed E-state index contributed by atoms with van der Waals surface area (Å²) in [4.78, 5) is 26.4. The van der Waals surface area contributed by atoms with E-state index in [4.69, 9.17) is 52.0 Å². The third-order valence-electron chi connectivity index (χ3n) is 6.57. The van der Waals surface area contributed by atoms with E-state index in [1.165, 1.54) is 63.3 Å². The number of halogens is 10. The molecule has 6 aromatic rings. The molecule has 29 heteroatoms. The van der Waals surface area contributed by atoms with Gasteiger partial charge in [0.2, 0.25) is 10.6 Å². The molecule has 0 saturated carbocycles. The zero-order chi connectivity index (χ0) is 45.5. The summed E-state index contributed by atoms with van der Waals surface area (Å²) < 4.78 is 99.0. The van der Waals surface area contributed by atoms with Crippen LogP contribution in [0, 0.1) is 23.3 Å². The Bertz CT molecular complexity index is 2520. The monoisotopic (exact) mass is 1130 g/mol. The number of nitrogens with one attached hydrogen (secondary N) is 1. The van der Waals surface area contributed by atoms with Crippen molar-refractivity contribution in [2.75, 3.05) is 44.9 Å². The molecule has 0 aliphatic heterocycles. The molecule has 4 aromatic heterocycles. The number of benzene rings is 2. The number of aromatic nitrogens is 8. The normalized spacial score (nSPS) is 10.5. The fourth-order valence-corrected chi connectivity index (χ4v) is 7.91. The van der Waals surface area contributed by atoms with Crippen LogP contribution >= 0.6 is 80.9 Å². The smallest absolute Gasteiger partial charge is 1.00 e. The van der Waals surface area contributed by atoms with Crippen LogP contribution in [0.3, 0.4) is 0 Å². The van der Waals surface area contributed by atoms with Gasteiger partial charge in [-0.25, -0.2) is 41.9 Å². The standard InChI is InChI=1S/C15H12BrClF2N5OP.C11H12F2N3OP.C4HBrCl2N2.CH3F.CH2O3.2K.H/c1-26(2,25)13-10(22-14-9(16)6-20-15(17)23-14)3-4-11(12(13)19)24-7-8(18)5-21-24;1-18(2,17)11-8(14)3-4-9(10(11)13)16-6-7(12)5-15-16;5-2-1-8-4(7)9-3(2)6;1-2;2-1-4-3;;;/h3-7H,1-2H3,(H,20,22,23);3-6H,14H2,1-2H3;1H;1H3;1,3H;;;/q;;;;;2*+1;-1/p-1/i;;;1D;;;;. The van der Waals surface area contributed by atoms with Crippen molar-refractivity contribution < 1.29 is 152 Å². The molecular weight excluding hydrogens is 1110 g/mol. The number of carbonyl (C=O) groups is 1. The van der Waals surface area contributed by atoms with Gasteiger partial charge in [-0.3, -0.25) is 9.18 Å². The van der Waals surface area contributed by atoms with Crippen molar-refractivity contribution in [3.63, 3.8) is 0 Å². The number of rotatable bonds is 7. The topological polar surface area (TPSA) is 209 Å². The summed E-state index contributed by atoms with van der Waals surface area (Å²) in [7, 11) is -6.93. The molecule has 0 aliphatic rings. The molecule has 0 unspecified atom stereocenters. The Hall–Kier alpha value is -0.737. The molecule has 0 amide bonds. The number of alkyl halides is 1. The van der Waals surface area contributed by atoms with Crippen molar-refractivity contribution in [2.24, 2.45) is 0 Å². The molecule has 2 aromatic carbocycles. The molecule has 61 heavy (non-hydrogen) atoms. The van der Waals surface area contributed by atoms with Crippen molar-refractivity contribution in [3.8, 4) is 11.4 Å². The minimum Gasteiger partial charge on any atom is -1.00 e. The maximum atomic E-state index is 15.1. The second-order valence-electron chi connectivity index (χ2n) is 11.5. The Morgan fingerprint density at radius 2 is 1.25 bits per heavy atom.